The average Bonchev–Trinajstić information content (AvgIpc) is 2.92. The van der Waals surface area contributed by atoms with E-state index in [9.17, 15) is 0 Å². The first kappa shape index (κ1) is 15.4. The highest BCUT2D eigenvalue weighted by Crippen LogP contribution is 2.40. The fraction of sp³-hybridized carbons (Fsp3) is 0.222. The summed E-state index contributed by atoms with van der Waals surface area (Å²) in [5.41, 5.74) is 2.59. The molecular weight excluding hydrogens is 308 g/mol. The first-order valence-corrected chi connectivity index (χ1v) is 8.97. The molecule has 0 unspecified atom stereocenters. The van der Waals surface area contributed by atoms with Crippen LogP contribution in [0.15, 0.2) is 57.6 Å². The second kappa shape index (κ2) is 6.73. The molecule has 2 aromatic carbocycles. The minimum Gasteiger partial charge on any atom is -0.378 e. The third kappa shape index (κ3) is 3.14. The topological polar surface area (TPSA) is 15.3 Å². The average molecular weight is 329 g/mol. The Bertz CT molecular complexity index is 778. The molecule has 1 N–H and O–H groups in total. The van der Waals surface area contributed by atoms with Gasteiger partial charge in [-0.15, -0.1) is 11.3 Å². The van der Waals surface area contributed by atoms with E-state index >= 15 is 0 Å². The number of thiophene rings is 1. The summed E-state index contributed by atoms with van der Waals surface area (Å²) in [4.78, 5) is 4.82. The molecule has 1 heterocycles. The molecule has 0 aliphatic carbocycles. The lowest BCUT2D eigenvalue weighted by molar-refractivity contribution is 0.803. The van der Waals surface area contributed by atoms with Gasteiger partial charge in [0.15, 0.2) is 0 Å². The molecule has 2 nitrogen and oxygen atoms in total. The molecule has 1 aromatic heterocycles. The number of hydrogen-bond donors (Lipinski definition) is 1. The van der Waals surface area contributed by atoms with Gasteiger partial charge < -0.3 is 10.2 Å². The van der Waals surface area contributed by atoms with E-state index in [2.05, 4.69) is 72.2 Å². The Morgan fingerprint density at radius 3 is 2.68 bits per heavy atom. The number of fused-ring (bicyclic) bond motifs is 1. The molecule has 3 aromatic rings. The Morgan fingerprint density at radius 1 is 1.09 bits per heavy atom. The molecule has 0 atom stereocenters. The summed E-state index contributed by atoms with van der Waals surface area (Å²) in [5.74, 6) is 0. The predicted molar refractivity (Wildman–Crippen MR) is 99.5 cm³/mol. The van der Waals surface area contributed by atoms with Gasteiger partial charge in [0.1, 0.15) is 0 Å². The summed E-state index contributed by atoms with van der Waals surface area (Å²) in [5, 5.41) is 6.86. The summed E-state index contributed by atoms with van der Waals surface area (Å²) in [6.45, 7) is 0.897. The lowest BCUT2D eigenvalue weighted by atomic mass is 10.2. The number of nitrogens with zero attached hydrogens (tertiary/aromatic N) is 1. The van der Waals surface area contributed by atoms with Crippen LogP contribution in [0.2, 0.25) is 0 Å². The fourth-order valence-corrected chi connectivity index (χ4v) is 4.55. The van der Waals surface area contributed by atoms with Crippen molar-refractivity contribution in [3.05, 3.63) is 53.4 Å². The maximum Gasteiger partial charge on any atom is 0.0368 e. The summed E-state index contributed by atoms with van der Waals surface area (Å²) in [6, 6.07) is 15.3. The summed E-state index contributed by atoms with van der Waals surface area (Å²) in [6.07, 6.45) is 0. The summed E-state index contributed by atoms with van der Waals surface area (Å²) in [7, 11) is 6.16. The molecule has 4 heteroatoms. The molecule has 0 aliphatic heterocycles. The SMILES string of the molecule is CNCc1ccccc1Sc1csc2ccc(N(C)C)cc12. The van der Waals surface area contributed by atoms with Crippen molar-refractivity contribution in [1.29, 1.82) is 0 Å². The molecule has 0 radical (unpaired) electrons. The van der Waals surface area contributed by atoms with Crippen LogP contribution < -0.4 is 10.2 Å². The van der Waals surface area contributed by atoms with Gasteiger partial charge in [0.05, 0.1) is 0 Å². The van der Waals surface area contributed by atoms with Crippen molar-refractivity contribution >= 4 is 38.9 Å². The summed E-state index contributed by atoms with van der Waals surface area (Å²) >= 11 is 3.68. The van der Waals surface area contributed by atoms with Crippen LogP contribution in [0.5, 0.6) is 0 Å². The van der Waals surface area contributed by atoms with Gasteiger partial charge in [-0.3, -0.25) is 0 Å². The van der Waals surface area contributed by atoms with Gasteiger partial charge in [0.25, 0.3) is 0 Å². The highest BCUT2D eigenvalue weighted by atomic mass is 32.2. The second-order valence-electron chi connectivity index (χ2n) is 5.41. The van der Waals surface area contributed by atoms with Crippen molar-refractivity contribution in [2.45, 2.75) is 16.3 Å². The van der Waals surface area contributed by atoms with Gasteiger partial charge in [0.2, 0.25) is 0 Å². The van der Waals surface area contributed by atoms with E-state index in [1.807, 2.05) is 30.1 Å². The minimum atomic E-state index is 0.897. The van der Waals surface area contributed by atoms with Crippen molar-refractivity contribution in [3.63, 3.8) is 0 Å². The Morgan fingerprint density at radius 2 is 1.91 bits per heavy atom. The van der Waals surface area contributed by atoms with Crippen molar-refractivity contribution in [2.24, 2.45) is 0 Å². The van der Waals surface area contributed by atoms with E-state index in [1.54, 1.807) is 0 Å². The number of benzene rings is 2. The van der Waals surface area contributed by atoms with Crippen molar-refractivity contribution < 1.29 is 0 Å². The standard InChI is InChI=1S/C18H20N2S2/c1-19-11-13-6-4-5-7-16(13)22-18-12-21-17-9-8-14(20(2)3)10-15(17)18/h4-10,12,19H,11H2,1-3H3. The van der Waals surface area contributed by atoms with Crippen molar-refractivity contribution in [1.82, 2.24) is 5.32 Å². The smallest absolute Gasteiger partial charge is 0.0368 e. The van der Waals surface area contributed by atoms with E-state index in [0.717, 1.165) is 6.54 Å². The van der Waals surface area contributed by atoms with Crippen molar-refractivity contribution in [3.8, 4) is 0 Å². The van der Waals surface area contributed by atoms with Crippen LogP contribution in [0, 0.1) is 0 Å². The van der Waals surface area contributed by atoms with Crippen LogP contribution in [-0.2, 0) is 6.54 Å². The van der Waals surface area contributed by atoms with Gasteiger partial charge in [-0.25, -0.2) is 0 Å². The Kier molecular flexibility index (Phi) is 4.71. The largest absolute Gasteiger partial charge is 0.378 e. The zero-order valence-electron chi connectivity index (χ0n) is 13.1. The summed E-state index contributed by atoms with van der Waals surface area (Å²) < 4.78 is 1.35. The van der Waals surface area contributed by atoms with Gasteiger partial charge in [-0.05, 0) is 36.9 Å². The normalized spacial score (nSPS) is 11.0. The molecule has 3 rings (SSSR count). The zero-order chi connectivity index (χ0) is 15.5. The third-order valence-electron chi connectivity index (χ3n) is 3.60. The van der Waals surface area contributed by atoms with E-state index in [1.165, 1.54) is 31.1 Å². The molecular formula is C18H20N2S2. The first-order valence-electron chi connectivity index (χ1n) is 7.28. The van der Waals surface area contributed by atoms with Crippen LogP contribution >= 0.6 is 23.1 Å². The fourth-order valence-electron chi connectivity index (χ4n) is 2.41. The highest BCUT2D eigenvalue weighted by molar-refractivity contribution is 7.99. The van der Waals surface area contributed by atoms with E-state index < -0.39 is 0 Å². The maximum absolute atomic E-state index is 3.25. The van der Waals surface area contributed by atoms with Crippen LogP contribution in [0.4, 0.5) is 5.69 Å². The number of anilines is 1. The molecule has 0 aliphatic rings. The maximum atomic E-state index is 3.25. The Hall–Kier alpha value is -1.49. The molecule has 22 heavy (non-hydrogen) atoms. The predicted octanol–water partition coefficient (Wildman–Crippen LogP) is 4.84. The van der Waals surface area contributed by atoms with Gasteiger partial charge in [0, 0.05) is 51.6 Å². The number of nitrogens with one attached hydrogen (secondary N) is 1. The molecule has 0 amide bonds. The minimum absolute atomic E-state index is 0.897. The molecule has 0 bridgehead atoms. The van der Waals surface area contributed by atoms with E-state index in [-0.39, 0.29) is 0 Å². The Balaban J connectivity index is 1.99. The molecule has 0 saturated carbocycles. The Labute approximate surface area is 140 Å². The molecule has 114 valence electrons. The van der Waals surface area contributed by atoms with E-state index in [4.69, 9.17) is 0 Å². The monoisotopic (exact) mass is 328 g/mol. The molecule has 0 saturated heterocycles. The third-order valence-corrected chi connectivity index (χ3v) is 5.89. The van der Waals surface area contributed by atoms with Crippen LogP contribution in [0.1, 0.15) is 5.56 Å². The molecule has 0 fully saturated rings. The van der Waals surface area contributed by atoms with Crippen LogP contribution in [0.3, 0.4) is 0 Å². The van der Waals surface area contributed by atoms with Crippen molar-refractivity contribution in [2.75, 3.05) is 26.0 Å². The van der Waals surface area contributed by atoms with Gasteiger partial charge in [-0.1, -0.05) is 30.0 Å². The van der Waals surface area contributed by atoms with Crippen LogP contribution in [-0.4, -0.2) is 21.1 Å². The lowest BCUT2D eigenvalue weighted by Crippen LogP contribution is -2.07. The second-order valence-corrected chi connectivity index (χ2v) is 7.41. The van der Waals surface area contributed by atoms with Gasteiger partial charge in [-0.2, -0.15) is 0 Å². The number of hydrogen-bond acceptors (Lipinski definition) is 4. The first-order chi connectivity index (χ1) is 10.7. The van der Waals surface area contributed by atoms with Crippen LogP contribution in [0.25, 0.3) is 10.1 Å². The molecule has 0 spiro atoms. The quantitative estimate of drug-likeness (QED) is 0.721. The van der Waals surface area contributed by atoms with Gasteiger partial charge >= 0.3 is 0 Å². The van der Waals surface area contributed by atoms with E-state index in [0.29, 0.717) is 0 Å². The number of rotatable bonds is 5. The highest BCUT2D eigenvalue weighted by Gasteiger charge is 2.10. The zero-order valence-corrected chi connectivity index (χ0v) is 14.7. The lowest BCUT2D eigenvalue weighted by Gasteiger charge is -2.13.